The van der Waals surface area contributed by atoms with E-state index in [1.807, 2.05) is 94.6 Å². The second kappa shape index (κ2) is 12.9. The van der Waals surface area contributed by atoms with E-state index in [0.717, 1.165) is 54.5 Å². The SMILES string of the molecule is Bc1c(O)c2c(c(B)c1-c1cccc(-c3ccccc3)c1)Cc1c(O)c(C3=NC(c4ccccc4)NC(c4ccc5c(c4)sc4ccccc45)=N3)c(O)c(O)c1-2. The molecule has 0 spiro atoms. The van der Waals surface area contributed by atoms with E-state index in [1.54, 1.807) is 11.3 Å². The fraction of sp³-hybridized carbons (Fsp3) is 0.0435. The van der Waals surface area contributed by atoms with Crippen molar-refractivity contribution in [3.63, 3.8) is 0 Å². The molecule has 10 rings (SSSR count). The molecule has 2 heterocycles. The third-order valence-electron chi connectivity index (χ3n) is 11.2. The zero-order valence-electron chi connectivity index (χ0n) is 30.5. The second-order valence-corrected chi connectivity index (χ2v) is 15.5. The van der Waals surface area contributed by atoms with E-state index < -0.39 is 17.7 Å². The predicted octanol–water partition coefficient (Wildman–Crippen LogP) is 6.79. The molecule has 0 saturated heterocycles. The van der Waals surface area contributed by atoms with Crippen LogP contribution in [0.25, 0.3) is 53.6 Å². The normalized spacial score (nSPS) is 14.6. The van der Waals surface area contributed by atoms with Crippen LogP contribution >= 0.6 is 11.3 Å². The highest BCUT2D eigenvalue weighted by Gasteiger charge is 2.37. The highest BCUT2D eigenvalue weighted by Crippen LogP contribution is 2.55. The Hall–Kier alpha value is -6.77. The molecule has 0 fully saturated rings. The molecule has 5 N–H and O–H groups in total. The lowest BCUT2D eigenvalue weighted by molar-refractivity contribution is 0.395. The molecule has 1 atom stereocenters. The summed E-state index contributed by atoms with van der Waals surface area (Å²) in [7, 11) is 3.86. The highest BCUT2D eigenvalue weighted by molar-refractivity contribution is 7.25. The van der Waals surface area contributed by atoms with Crippen molar-refractivity contribution < 1.29 is 20.4 Å². The van der Waals surface area contributed by atoms with Gasteiger partial charge in [0, 0.05) is 48.8 Å². The Balaban J connectivity index is 1.11. The minimum atomic E-state index is -0.605. The van der Waals surface area contributed by atoms with Crippen LogP contribution in [0.2, 0.25) is 0 Å². The van der Waals surface area contributed by atoms with Crippen LogP contribution in [0.4, 0.5) is 0 Å². The molecule has 0 radical (unpaired) electrons. The number of phenolic OH excluding ortho intramolecular Hbond substituents is 4. The molecule has 10 heteroatoms. The van der Waals surface area contributed by atoms with Crippen LogP contribution in [-0.2, 0) is 6.42 Å². The van der Waals surface area contributed by atoms with Crippen molar-refractivity contribution in [1.29, 1.82) is 0 Å². The van der Waals surface area contributed by atoms with Crippen molar-refractivity contribution in [2.75, 3.05) is 0 Å². The molecule has 268 valence electrons. The van der Waals surface area contributed by atoms with Crippen LogP contribution < -0.4 is 16.2 Å². The minimum Gasteiger partial charge on any atom is -0.508 e. The van der Waals surface area contributed by atoms with Gasteiger partial charge in [0.1, 0.15) is 44.8 Å². The number of thiophene rings is 1. The van der Waals surface area contributed by atoms with Crippen molar-refractivity contribution in [1.82, 2.24) is 5.32 Å². The number of amidine groups is 2. The lowest BCUT2D eigenvalue weighted by Crippen LogP contribution is -2.33. The highest BCUT2D eigenvalue weighted by atomic mass is 32.1. The van der Waals surface area contributed by atoms with E-state index in [0.29, 0.717) is 22.4 Å². The number of aliphatic imine (C=N–C) groups is 2. The van der Waals surface area contributed by atoms with Gasteiger partial charge in [0.05, 0.1) is 0 Å². The van der Waals surface area contributed by atoms with E-state index in [2.05, 4.69) is 53.8 Å². The Morgan fingerprint density at radius 3 is 2.00 bits per heavy atom. The van der Waals surface area contributed by atoms with Crippen LogP contribution in [0, 0.1) is 0 Å². The van der Waals surface area contributed by atoms with E-state index in [4.69, 9.17) is 9.98 Å². The number of benzene rings is 7. The van der Waals surface area contributed by atoms with Crippen molar-refractivity contribution >= 4 is 69.8 Å². The quantitative estimate of drug-likeness (QED) is 0.0756. The van der Waals surface area contributed by atoms with E-state index in [1.165, 1.54) is 10.1 Å². The smallest absolute Gasteiger partial charge is 0.173 e. The molecule has 1 aliphatic carbocycles. The van der Waals surface area contributed by atoms with Crippen molar-refractivity contribution in [3.8, 4) is 56.4 Å². The average Bonchev–Trinajstić information content (AvgIpc) is 3.83. The van der Waals surface area contributed by atoms with Gasteiger partial charge >= 0.3 is 0 Å². The number of hydrogen-bond donors (Lipinski definition) is 5. The Bertz CT molecular complexity index is 3000. The standard InChI is InChI=1S/C46H33B2N3O4S/c47-38-30-22-31-36(35(30)41(53)39(48)34(38)26-15-9-14-25(20-26)23-10-3-1-4-11-23)42(54)43(55)37(40(31)52)46-50-44(24-12-5-2-6-13-24)49-45(51-46)27-18-19-29-28-16-7-8-17-32(28)56-33(29)21-27/h1-21,44,52-55H,22,47-48H2,(H,49,50,51). The Morgan fingerprint density at radius 2 is 1.20 bits per heavy atom. The number of nitrogens with one attached hydrogen (secondary N) is 1. The van der Waals surface area contributed by atoms with E-state index >= 15 is 0 Å². The summed E-state index contributed by atoms with van der Waals surface area (Å²) in [5.41, 5.74) is 8.89. The maximum absolute atomic E-state index is 12.2. The van der Waals surface area contributed by atoms with Crippen LogP contribution in [0.3, 0.4) is 0 Å². The lowest BCUT2D eigenvalue weighted by Gasteiger charge is -2.25. The molecular weight excluding hydrogens is 712 g/mol. The van der Waals surface area contributed by atoms with Gasteiger partial charge in [-0.05, 0) is 57.0 Å². The third kappa shape index (κ3) is 5.21. The second-order valence-electron chi connectivity index (χ2n) is 14.4. The molecule has 56 heavy (non-hydrogen) atoms. The number of aromatic hydroxyl groups is 4. The maximum atomic E-state index is 12.2. The Labute approximate surface area is 328 Å². The van der Waals surface area contributed by atoms with Gasteiger partial charge in [-0.3, -0.25) is 0 Å². The molecule has 0 amide bonds. The van der Waals surface area contributed by atoms with Gasteiger partial charge in [-0.2, -0.15) is 0 Å². The molecule has 1 aliphatic heterocycles. The topological polar surface area (TPSA) is 118 Å². The largest absolute Gasteiger partial charge is 0.508 e. The summed E-state index contributed by atoms with van der Waals surface area (Å²) in [4.78, 5) is 9.82. The summed E-state index contributed by atoms with van der Waals surface area (Å²) in [5, 5.41) is 53.4. The molecule has 0 bridgehead atoms. The van der Waals surface area contributed by atoms with Gasteiger partial charge < -0.3 is 25.7 Å². The summed E-state index contributed by atoms with van der Waals surface area (Å²) < 4.78 is 2.29. The van der Waals surface area contributed by atoms with Crippen LogP contribution in [0.5, 0.6) is 23.0 Å². The molecule has 1 unspecified atom stereocenters. The summed E-state index contributed by atoms with van der Waals surface area (Å²) in [6.07, 6.45) is -0.388. The number of rotatable bonds is 5. The molecule has 7 nitrogen and oxygen atoms in total. The molecule has 8 aromatic rings. The number of nitrogens with zero attached hydrogens (tertiary/aromatic N) is 2. The van der Waals surface area contributed by atoms with Crippen LogP contribution in [0.15, 0.2) is 137 Å². The van der Waals surface area contributed by atoms with Crippen LogP contribution in [0.1, 0.15) is 34.0 Å². The van der Waals surface area contributed by atoms with Crippen molar-refractivity contribution in [2.24, 2.45) is 9.98 Å². The van der Waals surface area contributed by atoms with Gasteiger partial charge in [-0.15, -0.1) is 11.3 Å². The van der Waals surface area contributed by atoms with Gasteiger partial charge in [0.15, 0.2) is 17.3 Å². The number of fused-ring (bicyclic) bond motifs is 6. The van der Waals surface area contributed by atoms with Crippen molar-refractivity contribution in [3.05, 3.63) is 155 Å². The van der Waals surface area contributed by atoms with E-state index in [-0.39, 0.29) is 34.9 Å². The maximum Gasteiger partial charge on any atom is 0.173 e. The number of hydrogen-bond acceptors (Lipinski definition) is 8. The first-order chi connectivity index (χ1) is 27.3. The zero-order valence-corrected chi connectivity index (χ0v) is 31.3. The number of phenols is 4. The monoisotopic (exact) mass is 745 g/mol. The fourth-order valence-electron chi connectivity index (χ4n) is 8.45. The molecule has 7 aromatic carbocycles. The van der Waals surface area contributed by atoms with Crippen LogP contribution in [-0.4, -0.2) is 47.8 Å². The molecule has 0 saturated carbocycles. The fourth-order valence-corrected chi connectivity index (χ4v) is 9.60. The molecular formula is C46H33B2N3O4S. The van der Waals surface area contributed by atoms with Gasteiger partial charge in [0.2, 0.25) is 0 Å². The zero-order chi connectivity index (χ0) is 38.2. The first kappa shape index (κ1) is 33.8. The summed E-state index contributed by atoms with van der Waals surface area (Å²) in [5.74, 6) is -0.669. The first-order valence-electron chi connectivity index (χ1n) is 18.5. The van der Waals surface area contributed by atoms with Gasteiger partial charge in [0.25, 0.3) is 0 Å². The summed E-state index contributed by atoms with van der Waals surface area (Å²) in [6, 6.07) is 42.6. The van der Waals surface area contributed by atoms with Gasteiger partial charge in [-0.1, -0.05) is 115 Å². The summed E-state index contributed by atoms with van der Waals surface area (Å²) in [6.45, 7) is 0. The molecule has 1 aromatic heterocycles. The van der Waals surface area contributed by atoms with Crippen molar-refractivity contribution in [2.45, 2.75) is 12.6 Å². The summed E-state index contributed by atoms with van der Waals surface area (Å²) >= 11 is 1.70. The third-order valence-corrected chi connectivity index (χ3v) is 12.3. The minimum absolute atomic E-state index is 0.00778. The Morgan fingerprint density at radius 1 is 0.536 bits per heavy atom. The Kier molecular flexibility index (Phi) is 7.80. The van der Waals surface area contributed by atoms with E-state index in [9.17, 15) is 20.4 Å². The lowest BCUT2D eigenvalue weighted by atomic mass is 9.73. The average molecular weight is 745 g/mol. The predicted molar refractivity (Wildman–Crippen MR) is 233 cm³/mol. The molecule has 2 aliphatic rings. The first-order valence-corrected chi connectivity index (χ1v) is 19.3. The van der Waals surface area contributed by atoms with Gasteiger partial charge in [-0.25, -0.2) is 9.98 Å².